The van der Waals surface area contributed by atoms with Gasteiger partial charge >= 0.3 is 0 Å². The van der Waals surface area contributed by atoms with Crippen LogP contribution in [0.5, 0.6) is 0 Å². The normalized spacial score (nSPS) is 10.4. The molecule has 17 heavy (non-hydrogen) atoms. The van der Waals surface area contributed by atoms with Gasteiger partial charge in [0.2, 0.25) is 5.91 Å². The van der Waals surface area contributed by atoms with Crippen LogP contribution in [0.15, 0.2) is 29.6 Å². The molecular weight excluding hydrogens is 236 g/mol. The second-order valence-electron chi connectivity index (χ2n) is 3.42. The Morgan fingerprint density at radius 1 is 1.47 bits per heavy atom. The van der Waals surface area contributed by atoms with Crippen molar-refractivity contribution in [3.8, 4) is 0 Å². The molecule has 0 saturated carbocycles. The topological polar surface area (TPSA) is 80.9 Å². The number of nitrogens with zero attached hydrogens (tertiary/aromatic N) is 2. The number of aromatic nitrogens is 2. The van der Waals surface area contributed by atoms with Gasteiger partial charge in [-0.15, -0.1) is 0 Å². The second kappa shape index (κ2) is 5.01. The third kappa shape index (κ3) is 2.65. The number of carbonyl (C=O) groups is 1. The summed E-state index contributed by atoms with van der Waals surface area (Å²) in [6.45, 7) is 0. The Kier molecular flexibility index (Phi) is 3.43. The van der Waals surface area contributed by atoms with Gasteiger partial charge in [-0.25, -0.2) is 9.97 Å². The third-order valence-electron chi connectivity index (χ3n) is 2.24. The predicted octanol–water partition coefficient (Wildman–Crippen LogP) is 1.05. The van der Waals surface area contributed by atoms with Gasteiger partial charge in [0.25, 0.3) is 0 Å². The summed E-state index contributed by atoms with van der Waals surface area (Å²) in [5.41, 5.74) is 7.22. The van der Waals surface area contributed by atoms with Gasteiger partial charge in [-0.1, -0.05) is 11.8 Å². The number of nitrogens with one attached hydrogen (secondary N) is 1. The molecule has 88 valence electrons. The number of carbonyl (C=O) groups excluding carboxylic acids is 1. The zero-order valence-corrected chi connectivity index (χ0v) is 10.1. The summed E-state index contributed by atoms with van der Waals surface area (Å²) in [6.07, 6.45) is 1.49. The monoisotopic (exact) mass is 248 g/mol. The summed E-state index contributed by atoms with van der Waals surface area (Å²) in [5.74, 6) is 0.294. The number of amides is 1. The fraction of sp³-hybridized carbons (Fsp3) is 0.182. The maximum Gasteiger partial charge on any atom is 0.230 e. The second-order valence-corrected chi connectivity index (χ2v) is 4.38. The van der Waals surface area contributed by atoms with Gasteiger partial charge in [-0.05, 0) is 18.2 Å². The van der Waals surface area contributed by atoms with Crippen molar-refractivity contribution >= 4 is 34.3 Å². The van der Waals surface area contributed by atoms with Crippen LogP contribution < -0.4 is 11.1 Å². The molecule has 0 atom stereocenters. The highest BCUT2D eigenvalue weighted by Crippen LogP contribution is 2.25. The lowest BCUT2D eigenvalue weighted by atomic mass is 10.2. The smallest absolute Gasteiger partial charge is 0.230 e. The number of nitrogen functional groups attached to an aromatic ring is 1. The van der Waals surface area contributed by atoms with Crippen LogP contribution in [0.4, 0.5) is 5.69 Å². The van der Waals surface area contributed by atoms with E-state index in [1.54, 1.807) is 13.1 Å². The van der Waals surface area contributed by atoms with Gasteiger partial charge in [0.1, 0.15) is 11.4 Å². The number of nitrogens with two attached hydrogens (primary N) is 1. The van der Waals surface area contributed by atoms with Crippen molar-refractivity contribution < 1.29 is 4.79 Å². The minimum atomic E-state index is -0.0364. The maximum atomic E-state index is 11.2. The zero-order chi connectivity index (χ0) is 12.3. The molecule has 1 aromatic heterocycles. The number of rotatable bonds is 3. The van der Waals surface area contributed by atoms with E-state index in [-0.39, 0.29) is 5.91 Å². The van der Waals surface area contributed by atoms with Crippen molar-refractivity contribution in [3.05, 3.63) is 24.5 Å². The average molecular weight is 248 g/mol. The first-order chi connectivity index (χ1) is 8.20. The number of fused-ring (bicyclic) bond motifs is 1. The summed E-state index contributed by atoms with van der Waals surface area (Å²) >= 11 is 1.37. The van der Waals surface area contributed by atoms with Crippen LogP contribution in [0.2, 0.25) is 0 Å². The molecule has 0 spiro atoms. The van der Waals surface area contributed by atoms with Crippen molar-refractivity contribution in [2.45, 2.75) is 5.03 Å². The molecule has 0 bridgehead atoms. The highest BCUT2D eigenvalue weighted by atomic mass is 32.2. The fourth-order valence-electron chi connectivity index (χ4n) is 1.37. The van der Waals surface area contributed by atoms with Gasteiger partial charge in [0.15, 0.2) is 0 Å². The SMILES string of the molecule is CNC(=O)CSc1ncnc2ccc(N)cc12. The minimum absolute atomic E-state index is 0.0364. The molecule has 2 rings (SSSR count). The van der Waals surface area contributed by atoms with Crippen molar-refractivity contribution in [2.75, 3.05) is 18.5 Å². The first-order valence-corrected chi connectivity index (χ1v) is 6.03. The van der Waals surface area contributed by atoms with Crippen molar-refractivity contribution in [1.29, 1.82) is 0 Å². The van der Waals surface area contributed by atoms with Crippen molar-refractivity contribution in [2.24, 2.45) is 0 Å². The Labute approximate surface area is 103 Å². The summed E-state index contributed by atoms with van der Waals surface area (Å²) in [6, 6.07) is 5.46. The van der Waals surface area contributed by atoms with E-state index in [1.807, 2.05) is 12.1 Å². The van der Waals surface area contributed by atoms with Gasteiger partial charge < -0.3 is 11.1 Å². The van der Waals surface area contributed by atoms with Crippen LogP contribution in [0, 0.1) is 0 Å². The van der Waals surface area contributed by atoms with E-state index in [0.29, 0.717) is 11.4 Å². The highest BCUT2D eigenvalue weighted by Gasteiger charge is 2.07. The Morgan fingerprint density at radius 2 is 2.29 bits per heavy atom. The molecule has 1 amide bonds. The Morgan fingerprint density at radius 3 is 3.06 bits per heavy atom. The summed E-state index contributed by atoms with van der Waals surface area (Å²) in [4.78, 5) is 19.5. The van der Waals surface area contributed by atoms with E-state index in [1.165, 1.54) is 18.1 Å². The van der Waals surface area contributed by atoms with Gasteiger partial charge in [0.05, 0.1) is 11.3 Å². The largest absolute Gasteiger partial charge is 0.399 e. The van der Waals surface area contributed by atoms with E-state index in [4.69, 9.17) is 5.73 Å². The van der Waals surface area contributed by atoms with E-state index in [2.05, 4.69) is 15.3 Å². The lowest BCUT2D eigenvalue weighted by molar-refractivity contribution is -0.118. The predicted molar refractivity (Wildman–Crippen MR) is 68.7 cm³/mol. The molecule has 0 saturated heterocycles. The molecule has 6 heteroatoms. The maximum absolute atomic E-state index is 11.2. The third-order valence-corrected chi connectivity index (χ3v) is 3.25. The molecule has 0 aliphatic heterocycles. The van der Waals surface area contributed by atoms with Crippen molar-refractivity contribution in [3.63, 3.8) is 0 Å². The molecule has 0 aliphatic rings. The molecule has 5 nitrogen and oxygen atoms in total. The Bertz CT molecular complexity index is 558. The first-order valence-electron chi connectivity index (χ1n) is 5.04. The van der Waals surface area contributed by atoms with E-state index < -0.39 is 0 Å². The molecule has 0 aliphatic carbocycles. The molecular formula is C11H12N4OS. The van der Waals surface area contributed by atoms with Crippen LogP contribution in [-0.4, -0.2) is 28.7 Å². The van der Waals surface area contributed by atoms with Gasteiger partial charge in [-0.2, -0.15) is 0 Å². The van der Waals surface area contributed by atoms with Crippen LogP contribution in [-0.2, 0) is 4.79 Å². The van der Waals surface area contributed by atoms with E-state index >= 15 is 0 Å². The lowest BCUT2D eigenvalue weighted by Gasteiger charge is -2.04. The molecule has 1 heterocycles. The van der Waals surface area contributed by atoms with Gasteiger partial charge in [-0.3, -0.25) is 4.79 Å². The summed E-state index contributed by atoms with van der Waals surface area (Å²) < 4.78 is 0. The zero-order valence-electron chi connectivity index (χ0n) is 9.30. The standard InChI is InChI=1S/C11H12N4OS/c1-13-10(16)5-17-11-8-4-7(12)2-3-9(8)14-6-15-11/h2-4,6H,5,12H2,1H3,(H,13,16). The first kappa shape index (κ1) is 11.7. The molecule has 0 unspecified atom stereocenters. The van der Waals surface area contributed by atoms with Crippen LogP contribution in [0.1, 0.15) is 0 Å². The highest BCUT2D eigenvalue weighted by molar-refractivity contribution is 8.00. The minimum Gasteiger partial charge on any atom is -0.399 e. The number of thioether (sulfide) groups is 1. The molecule has 3 N–H and O–H groups in total. The van der Waals surface area contributed by atoms with Crippen LogP contribution in [0.3, 0.4) is 0 Å². The van der Waals surface area contributed by atoms with Crippen molar-refractivity contribution in [1.82, 2.24) is 15.3 Å². The molecule has 2 aromatic rings. The van der Waals surface area contributed by atoms with Crippen LogP contribution in [0.25, 0.3) is 10.9 Å². The summed E-state index contributed by atoms with van der Waals surface area (Å²) in [7, 11) is 1.61. The number of benzene rings is 1. The fourth-order valence-corrected chi connectivity index (χ4v) is 2.22. The Balaban J connectivity index is 2.33. The molecule has 0 fully saturated rings. The quantitative estimate of drug-likeness (QED) is 0.482. The molecule has 0 radical (unpaired) electrons. The molecule has 1 aromatic carbocycles. The van der Waals surface area contributed by atoms with E-state index in [0.717, 1.165) is 15.9 Å². The number of anilines is 1. The number of hydrogen-bond donors (Lipinski definition) is 2. The van der Waals surface area contributed by atoms with Gasteiger partial charge in [0, 0.05) is 18.1 Å². The lowest BCUT2D eigenvalue weighted by Crippen LogP contribution is -2.19. The van der Waals surface area contributed by atoms with E-state index in [9.17, 15) is 4.79 Å². The average Bonchev–Trinajstić information content (AvgIpc) is 2.35. The Hall–Kier alpha value is -1.82. The van der Waals surface area contributed by atoms with Crippen LogP contribution >= 0.6 is 11.8 Å². The number of hydrogen-bond acceptors (Lipinski definition) is 5. The summed E-state index contributed by atoms with van der Waals surface area (Å²) in [5, 5.41) is 4.21.